The molecule has 1 aromatic rings. The molecule has 1 aromatic carbocycles. The van der Waals surface area contributed by atoms with Gasteiger partial charge in [-0.2, -0.15) is 0 Å². The van der Waals surface area contributed by atoms with Gasteiger partial charge in [0.2, 0.25) is 6.41 Å². The van der Waals surface area contributed by atoms with Crippen LogP contribution in [-0.4, -0.2) is 38.6 Å². The Kier molecular flexibility index (Phi) is 6.02. The molecule has 1 saturated heterocycles. The number of benzene rings is 1. The monoisotopic (exact) mass is 318 g/mol. The second kappa shape index (κ2) is 7.99. The quantitative estimate of drug-likeness (QED) is 0.619. The first-order valence-electron chi connectivity index (χ1n) is 8.22. The van der Waals surface area contributed by atoms with E-state index in [9.17, 15) is 9.59 Å². The van der Waals surface area contributed by atoms with Gasteiger partial charge in [-0.25, -0.2) is 4.79 Å². The number of carbonyl (C=O) groups excluding carboxylic acids is 2. The number of carbonyl (C=O) groups is 2. The van der Waals surface area contributed by atoms with E-state index in [4.69, 9.17) is 4.74 Å². The molecule has 0 saturated carbocycles. The Hall–Kier alpha value is -2.04. The standard InChI is InChI=1S/C18H26N2O3/c1-13(2)16(19-12-21)10-14-6-7-15(18(22)23-3)17(11-14)20-8-4-5-9-20/h6-7,11-13,16H,4-5,8-10H2,1-3H3,(H,19,21). The highest BCUT2D eigenvalue weighted by molar-refractivity contribution is 5.96. The molecular formula is C18H26N2O3. The molecule has 0 spiro atoms. The average molecular weight is 318 g/mol. The summed E-state index contributed by atoms with van der Waals surface area (Å²) in [6.45, 7) is 6.11. The van der Waals surface area contributed by atoms with Crippen molar-refractivity contribution in [3.8, 4) is 0 Å². The first-order valence-corrected chi connectivity index (χ1v) is 8.22. The van der Waals surface area contributed by atoms with E-state index < -0.39 is 0 Å². The van der Waals surface area contributed by atoms with E-state index in [1.807, 2.05) is 12.1 Å². The summed E-state index contributed by atoms with van der Waals surface area (Å²) >= 11 is 0. The predicted octanol–water partition coefficient (Wildman–Crippen LogP) is 2.39. The van der Waals surface area contributed by atoms with Crippen molar-refractivity contribution in [1.82, 2.24) is 5.32 Å². The van der Waals surface area contributed by atoms with E-state index in [0.717, 1.165) is 50.0 Å². The lowest BCUT2D eigenvalue weighted by Crippen LogP contribution is -2.34. The molecule has 0 bridgehead atoms. The highest BCUT2D eigenvalue weighted by Gasteiger charge is 2.21. The van der Waals surface area contributed by atoms with E-state index in [2.05, 4.69) is 30.1 Å². The minimum Gasteiger partial charge on any atom is -0.465 e. The number of methoxy groups -OCH3 is 1. The van der Waals surface area contributed by atoms with Gasteiger partial charge in [-0.1, -0.05) is 19.9 Å². The van der Waals surface area contributed by atoms with E-state index >= 15 is 0 Å². The van der Waals surface area contributed by atoms with Gasteiger partial charge >= 0.3 is 5.97 Å². The van der Waals surface area contributed by atoms with Crippen molar-refractivity contribution in [3.63, 3.8) is 0 Å². The third-order valence-corrected chi connectivity index (χ3v) is 4.46. The summed E-state index contributed by atoms with van der Waals surface area (Å²) in [5.74, 6) is 0.0422. The lowest BCUT2D eigenvalue weighted by molar-refractivity contribution is -0.110. The normalized spacial score (nSPS) is 15.6. The smallest absolute Gasteiger partial charge is 0.339 e. The van der Waals surface area contributed by atoms with Gasteiger partial charge in [0.15, 0.2) is 0 Å². The van der Waals surface area contributed by atoms with Crippen LogP contribution in [0.25, 0.3) is 0 Å². The maximum atomic E-state index is 12.0. The van der Waals surface area contributed by atoms with Gasteiger partial charge in [-0.3, -0.25) is 4.79 Å². The lowest BCUT2D eigenvalue weighted by atomic mass is 9.95. The summed E-state index contributed by atoms with van der Waals surface area (Å²) in [5, 5.41) is 2.88. The first kappa shape index (κ1) is 17.3. The Labute approximate surface area is 138 Å². The maximum absolute atomic E-state index is 12.0. The minimum atomic E-state index is -0.301. The van der Waals surface area contributed by atoms with Crippen LogP contribution in [0.1, 0.15) is 42.6 Å². The minimum absolute atomic E-state index is 0.0860. The van der Waals surface area contributed by atoms with Crippen LogP contribution in [0.3, 0.4) is 0 Å². The molecule has 1 fully saturated rings. The second-order valence-corrected chi connectivity index (χ2v) is 6.38. The van der Waals surface area contributed by atoms with Crippen molar-refractivity contribution in [3.05, 3.63) is 29.3 Å². The van der Waals surface area contributed by atoms with Crippen molar-refractivity contribution in [2.24, 2.45) is 5.92 Å². The third-order valence-electron chi connectivity index (χ3n) is 4.46. The van der Waals surface area contributed by atoms with Gasteiger partial charge in [0.1, 0.15) is 0 Å². The molecule has 2 rings (SSSR count). The molecule has 126 valence electrons. The molecule has 5 heteroatoms. The molecule has 0 radical (unpaired) electrons. The molecule has 1 aliphatic heterocycles. The molecule has 0 aliphatic carbocycles. The van der Waals surface area contributed by atoms with Gasteiger partial charge in [0, 0.05) is 19.1 Å². The average Bonchev–Trinajstić information content (AvgIpc) is 3.08. The van der Waals surface area contributed by atoms with Crippen LogP contribution in [0, 0.1) is 5.92 Å². The largest absolute Gasteiger partial charge is 0.465 e. The Balaban J connectivity index is 2.29. The number of nitrogens with one attached hydrogen (secondary N) is 1. The van der Waals surface area contributed by atoms with Crippen LogP contribution < -0.4 is 10.2 Å². The number of anilines is 1. The number of nitrogens with zero attached hydrogens (tertiary/aromatic N) is 1. The van der Waals surface area contributed by atoms with Crippen LogP contribution in [0.5, 0.6) is 0 Å². The molecule has 1 N–H and O–H groups in total. The van der Waals surface area contributed by atoms with Crippen molar-refractivity contribution < 1.29 is 14.3 Å². The van der Waals surface area contributed by atoms with Gasteiger partial charge in [-0.15, -0.1) is 0 Å². The first-order chi connectivity index (χ1) is 11.1. The zero-order chi connectivity index (χ0) is 16.8. The summed E-state index contributed by atoms with van der Waals surface area (Å²) in [6.07, 6.45) is 3.80. The van der Waals surface area contributed by atoms with Crippen LogP contribution in [0.2, 0.25) is 0 Å². The number of esters is 1. The molecule has 1 amide bonds. The lowest BCUT2D eigenvalue weighted by Gasteiger charge is -2.24. The molecule has 1 aliphatic rings. The second-order valence-electron chi connectivity index (χ2n) is 6.38. The van der Waals surface area contributed by atoms with Crippen LogP contribution >= 0.6 is 0 Å². The summed E-state index contributed by atoms with van der Waals surface area (Å²) in [7, 11) is 1.41. The molecule has 1 atom stereocenters. The number of rotatable bonds is 7. The molecule has 1 unspecified atom stereocenters. The SMILES string of the molecule is COC(=O)c1ccc(CC(NC=O)C(C)C)cc1N1CCCC1. The predicted molar refractivity (Wildman–Crippen MR) is 90.8 cm³/mol. The van der Waals surface area contributed by atoms with Gasteiger partial charge in [-0.05, 0) is 42.9 Å². The van der Waals surface area contributed by atoms with Gasteiger partial charge < -0.3 is 15.0 Å². The molecule has 23 heavy (non-hydrogen) atoms. The fourth-order valence-electron chi connectivity index (χ4n) is 3.03. The van der Waals surface area contributed by atoms with Gasteiger partial charge in [0.25, 0.3) is 0 Å². The topological polar surface area (TPSA) is 58.6 Å². The van der Waals surface area contributed by atoms with Crippen molar-refractivity contribution in [2.45, 2.75) is 39.2 Å². The zero-order valence-electron chi connectivity index (χ0n) is 14.2. The zero-order valence-corrected chi connectivity index (χ0v) is 14.2. The number of amides is 1. The summed E-state index contributed by atoms with van der Waals surface area (Å²) in [4.78, 5) is 25.1. The fraction of sp³-hybridized carbons (Fsp3) is 0.556. The van der Waals surface area contributed by atoms with E-state index in [1.54, 1.807) is 0 Å². The van der Waals surface area contributed by atoms with Crippen LogP contribution in [0.4, 0.5) is 5.69 Å². The van der Waals surface area contributed by atoms with Gasteiger partial charge in [0.05, 0.1) is 18.4 Å². The molecule has 1 heterocycles. The highest BCUT2D eigenvalue weighted by atomic mass is 16.5. The number of hydrogen-bond donors (Lipinski definition) is 1. The fourth-order valence-corrected chi connectivity index (χ4v) is 3.03. The van der Waals surface area contributed by atoms with Crippen molar-refractivity contribution >= 4 is 18.1 Å². The number of ether oxygens (including phenoxy) is 1. The van der Waals surface area contributed by atoms with Crippen LogP contribution in [-0.2, 0) is 16.0 Å². The van der Waals surface area contributed by atoms with Crippen LogP contribution in [0.15, 0.2) is 18.2 Å². The van der Waals surface area contributed by atoms with E-state index in [0.29, 0.717) is 11.5 Å². The molecule has 5 nitrogen and oxygen atoms in total. The summed E-state index contributed by atoms with van der Waals surface area (Å²) in [6, 6.07) is 5.95. The molecular weight excluding hydrogens is 292 g/mol. The Morgan fingerprint density at radius 3 is 2.61 bits per heavy atom. The van der Waals surface area contributed by atoms with E-state index in [-0.39, 0.29) is 12.0 Å². The Morgan fingerprint density at radius 1 is 1.35 bits per heavy atom. The Bertz CT molecular complexity index is 551. The highest BCUT2D eigenvalue weighted by Crippen LogP contribution is 2.27. The molecule has 0 aromatic heterocycles. The number of hydrogen-bond acceptors (Lipinski definition) is 4. The van der Waals surface area contributed by atoms with E-state index in [1.165, 1.54) is 7.11 Å². The maximum Gasteiger partial charge on any atom is 0.339 e. The van der Waals surface area contributed by atoms with Crippen molar-refractivity contribution in [2.75, 3.05) is 25.1 Å². The summed E-state index contributed by atoms with van der Waals surface area (Å²) in [5.41, 5.74) is 2.68. The summed E-state index contributed by atoms with van der Waals surface area (Å²) < 4.78 is 4.91. The Morgan fingerprint density at radius 2 is 2.04 bits per heavy atom. The third kappa shape index (κ3) is 4.24. The van der Waals surface area contributed by atoms with Crippen molar-refractivity contribution in [1.29, 1.82) is 0 Å².